The van der Waals surface area contributed by atoms with Gasteiger partial charge in [0.2, 0.25) is 0 Å². The van der Waals surface area contributed by atoms with E-state index in [-0.39, 0.29) is 6.10 Å². The molecule has 2 heterocycles. The van der Waals surface area contributed by atoms with Gasteiger partial charge in [0.05, 0.1) is 12.8 Å². The van der Waals surface area contributed by atoms with Gasteiger partial charge in [0, 0.05) is 19.6 Å². The second-order valence-electron chi connectivity index (χ2n) is 6.36. The smallest absolute Gasteiger partial charge is 0.184 e. The van der Waals surface area contributed by atoms with Gasteiger partial charge in [-0.25, -0.2) is 0 Å². The van der Waals surface area contributed by atoms with Crippen LogP contribution in [-0.2, 0) is 6.42 Å². The van der Waals surface area contributed by atoms with Gasteiger partial charge in [-0.1, -0.05) is 18.2 Å². The van der Waals surface area contributed by atoms with E-state index in [9.17, 15) is 0 Å². The first-order valence-electron chi connectivity index (χ1n) is 9.01. The number of fused-ring (bicyclic) bond motifs is 2. The van der Waals surface area contributed by atoms with E-state index in [1.165, 1.54) is 5.56 Å². The van der Waals surface area contributed by atoms with Crippen LogP contribution in [0.2, 0.25) is 0 Å². The second kappa shape index (κ2) is 7.74. The van der Waals surface area contributed by atoms with Gasteiger partial charge in [-0.3, -0.25) is 0 Å². The molecule has 26 heavy (non-hydrogen) atoms. The van der Waals surface area contributed by atoms with Crippen LogP contribution >= 0.6 is 0 Å². The summed E-state index contributed by atoms with van der Waals surface area (Å²) in [6.45, 7) is 3.47. The highest BCUT2D eigenvalue weighted by Crippen LogP contribution is 2.40. The maximum absolute atomic E-state index is 5.99. The van der Waals surface area contributed by atoms with Gasteiger partial charge < -0.3 is 29.6 Å². The van der Waals surface area contributed by atoms with Crippen molar-refractivity contribution in [1.29, 1.82) is 0 Å². The summed E-state index contributed by atoms with van der Waals surface area (Å²) in [7, 11) is 1.67. The first-order valence-corrected chi connectivity index (χ1v) is 9.01. The zero-order valence-corrected chi connectivity index (χ0v) is 14.9. The molecule has 6 nitrogen and oxygen atoms in total. The van der Waals surface area contributed by atoms with Gasteiger partial charge in [-0.05, 0) is 30.2 Å². The van der Waals surface area contributed by atoms with Crippen LogP contribution in [0, 0.1) is 0 Å². The molecule has 2 aromatic carbocycles. The molecule has 0 amide bonds. The van der Waals surface area contributed by atoms with Crippen molar-refractivity contribution in [2.45, 2.75) is 12.5 Å². The molecule has 4 rings (SSSR count). The highest BCUT2D eigenvalue weighted by Gasteiger charge is 2.21. The highest BCUT2D eigenvalue weighted by atomic mass is 16.6. The van der Waals surface area contributed by atoms with Crippen molar-refractivity contribution in [1.82, 2.24) is 5.32 Å². The first kappa shape index (κ1) is 16.8. The van der Waals surface area contributed by atoms with Crippen molar-refractivity contribution in [3.63, 3.8) is 0 Å². The summed E-state index contributed by atoms with van der Waals surface area (Å²) in [5, 5.41) is 6.75. The predicted octanol–water partition coefficient (Wildman–Crippen LogP) is 2.47. The number of anilines is 1. The SMILES string of the molecule is COc1ccc2c(c1OCCNC[C@H]1COc3ccccc3O1)NCC2. The molecule has 2 N–H and O–H groups in total. The zero-order valence-electron chi connectivity index (χ0n) is 14.9. The molecule has 0 aliphatic carbocycles. The summed E-state index contributed by atoms with van der Waals surface area (Å²) in [5.74, 6) is 3.18. The Labute approximate surface area is 153 Å². The lowest BCUT2D eigenvalue weighted by atomic mass is 10.1. The van der Waals surface area contributed by atoms with Crippen LogP contribution in [0.5, 0.6) is 23.0 Å². The Morgan fingerprint density at radius 3 is 2.96 bits per heavy atom. The molecular formula is C20H24N2O4. The Balaban J connectivity index is 1.25. The minimum Gasteiger partial charge on any atom is -0.493 e. The second-order valence-corrected chi connectivity index (χ2v) is 6.36. The van der Waals surface area contributed by atoms with Crippen LogP contribution in [0.1, 0.15) is 5.56 Å². The van der Waals surface area contributed by atoms with E-state index in [0.29, 0.717) is 26.3 Å². The number of hydrogen-bond acceptors (Lipinski definition) is 6. The van der Waals surface area contributed by atoms with Crippen LogP contribution in [0.4, 0.5) is 5.69 Å². The fourth-order valence-corrected chi connectivity index (χ4v) is 3.28. The van der Waals surface area contributed by atoms with Gasteiger partial charge in [0.1, 0.15) is 19.3 Å². The molecule has 138 valence electrons. The summed E-state index contributed by atoms with van der Waals surface area (Å²) < 4.78 is 23.1. The molecule has 0 aromatic heterocycles. The van der Waals surface area contributed by atoms with Crippen LogP contribution in [-0.4, -0.2) is 46.1 Å². The Bertz CT molecular complexity index is 765. The molecule has 2 aliphatic rings. The number of nitrogens with one attached hydrogen (secondary N) is 2. The highest BCUT2D eigenvalue weighted by molar-refractivity contribution is 5.70. The van der Waals surface area contributed by atoms with Crippen molar-refractivity contribution < 1.29 is 18.9 Å². The number of methoxy groups -OCH3 is 1. The standard InChI is InChI=1S/C20H24N2O4/c1-23-18-7-6-14-8-9-22-19(14)20(18)24-11-10-21-12-15-13-25-16-4-2-3-5-17(16)26-15/h2-7,15,21-22H,8-13H2,1H3/t15-/m0/s1. The number of rotatable bonds is 7. The van der Waals surface area contributed by atoms with Gasteiger partial charge >= 0.3 is 0 Å². The zero-order chi connectivity index (χ0) is 17.8. The van der Waals surface area contributed by atoms with Crippen LogP contribution in [0.25, 0.3) is 0 Å². The number of para-hydroxylation sites is 2. The predicted molar refractivity (Wildman–Crippen MR) is 99.9 cm³/mol. The normalized spacial score (nSPS) is 17.3. The van der Waals surface area contributed by atoms with E-state index >= 15 is 0 Å². The monoisotopic (exact) mass is 356 g/mol. The molecule has 2 aliphatic heterocycles. The van der Waals surface area contributed by atoms with Crippen molar-refractivity contribution >= 4 is 5.69 Å². The van der Waals surface area contributed by atoms with Gasteiger partial charge in [-0.15, -0.1) is 0 Å². The average Bonchev–Trinajstić information content (AvgIpc) is 3.16. The molecule has 6 heteroatoms. The quantitative estimate of drug-likeness (QED) is 0.743. The lowest BCUT2D eigenvalue weighted by molar-refractivity contribution is 0.0897. The van der Waals surface area contributed by atoms with Crippen molar-refractivity contribution in [2.24, 2.45) is 0 Å². The summed E-state index contributed by atoms with van der Waals surface area (Å²) in [6.07, 6.45) is 1.02. The molecule has 0 spiro atoms. The molecule has 2 aromatic rings. The Hall–Kier alpha value is -2.60. The van der Waals surface area contributed by atoms with E-state index in [1.54, 1.807) is 7.11 Å². The van der Waals surface area contributed by atoms with E-state index in [2.05, 4.69) is 16.7 Å². The first-order chi connectivity index (χ1) is 12.8. The minimum absolute atomic E-state index is 0.00192. The number of ether oxygens (including phenoxy) is 4. The fourth-order valence-electron chi connectivity index (χ4n) is 3.28. The van der Waals surface area contributed by atoms with Gasteiger partial charge in [0.15, 0.2) is 23.0 Å². The van der Waals surface area contributed by atoms with E-state index < -0.39 is 0 Å². The van der Waals surface area contributed by atoms with E-state index in [0.717, 1.165) is 41.7 Å². The molecule has 0 saturated heterocycles. The lowest BCUT2D eigenvalue weighted by Crippen LogP contribution is -2.39. The van der Waals surface area contributed by atoms with Gasteiger partial charge in [0.25, 0.3) is 0 Å². The topological polar surface area (TPSA) is 61.0 Å². The molecule has 0 unspecified atom stereocenters. The molecule has 1 atom stereocenters. The summed E-state index contributed by atoms with van der Waals surface area (Å²) in [5.41, 5.74) is 2.34. The van der Waals surface area contributed by atoms with E-state index in [4.69, 9.17) is 18.9 Å². The van der Waals surface area contributed by atoms with Crippen LogP contribution < -0.4 is 29.6 Å². The maximum Gasteiger partial charge on any atom is 0.184 e. The third-order valence-electron chi connectivity index (χ3n) is 4.59. The third-order valence-corrected chi connectivity index (χ3v) is 4.59. The van der Waals surface area contributed by atoms with Crippen LogP contribution in [0.3, 0.4) is 0 Å². The summed E-state index contributed by atoms with van der Waals surface area (Å²) in [6, 6.07) is 11.8. The molecular weight excluding hydrogens is 332 g/mol. The maximum atomic E-state index is 5.99. The number of hydrogen-bond donors (Lipinski definition) is 2. The summed E-state index contributed by atoms with van der Waals surface area (Å²) in [4.78, 5) is 0. The Kier molecular flexibility index (Phi) is 5.02. The van der Waals surface area contributed by atoms with Gasteiger partial charge in [-0.2, -0.15) is 0 Å². The fraction of sp³-hybridized carbons (Fsp3) is 0.400. The van der Waals surface area contributed by atoms with Crippen LogP contribution in [0.15, 0.2) is 36.4 Å². The molecule has 0 bridgehead atoms. The summed E-state index contributed by atoms with van der Waals surface area (Å²) >= 11 is 0. The van der Waals surface area contributed by atoms with Crippen molar-refractivity contribution in [3.05, 3.63) is 42.0 Å². The lowest BCUT2D eigenvalue weighted by Gasteiger charge is -2.26. The molecule has 0 fully saturated rings. The van der Waals surface area contributed by atoms with Crippen molar-refractivity contribution in [2.75, 3.05) is 45.3 Å². The average molecular weight is 356 g/mol. The minimum atomic E-state index is 0.00192. The Morgan fingerprint density at radius 1 is 1.19 bits per heavy atom. The Morgan fingerprint density at radius 2 is 2.08 bits per heavy atom. The number of benzene rings is 2. The van der Waals surface area contributed by atoms with Crippen molar-refractivity contribution in [3.8, 4) is 23.0 Å². The third kappa shape index (κ3) is 3.51. The molecule has 0 saturated carbocycles. The molecule has 0 radical (unpaired) electrons. The van der Waals surface area contributed by atoms with E-state index in [1.807, 2.05) is 30.3 Å². The largest absolute Gasteiger partial charge is 0.493 e.